The molecule has 1 fully saturated rings. The van der Waals surface area contributed by atoms with Gasteiger partial charge in [-0.3, -0.25) is 9.59 Å². The summed E-state index contributed by atoms with van der Waals surface area (Å²) in [5, 5.41) is 34.0. The molecule has 4 aromatic rings. The number of pyridine rings is 1. The van der Waals surface area contributed by atoms with Crippen molar-refractivity contribution in [3.8, 4) is 11.4 Å². The predicted molar refractivity (Wildman–Crippen MR) is 156 cm³/mol. The number of nitrogens with two attached hydrogens (primary N) is 1. The van der Waals surface area contributed by atoms with Crippen LogP contribution in [0.3, 0.4) is 0 Å². The summed E-state index contributed by atoms with van der Waals surface area (Å²) < 4.78 is 5.74. The number of thiazole rings is 1. The van der Waals surface area contributed by atoms with Crippen LogP contribution in [0.25, 0.3) is 16.1 Å². The molecule has 230 valence electrons. The molecule has 2 aliphatic rings. The number of rotatable bonds is 8. The second-order valence-corrected chi connectivity index (χ2v) is 12.8. The van der Waals surface area contributed by atoms with Crippen LogP contribution in [0.4, 0.5) is 0 Å². The van der Waals surface area contributed by atoms with E-state index < -0.39 is 35.8 Å². The van der Waals surface area contributed by atoms with Crippen LogP contribution in [0.2, 0.25) is 0 Å². The summed E-state index contributed by atoms with van der Waals surface area (Å²) in [7, 11) is 0. The topological polar surface area (TPSA) is 156 Å². The highest BCUT2D eigenvalue weighted by atomic mass is 79.9. The minimum atomic E-state index is -1.41. The number of thioether (sulfide) groups is 1. The van der Waals surface area contributed by atoms with E-state index in [-0.39, 0.29) is 40.4 Å². The first kappa shape index (κ1) is 31.7. The first-order chi connectivity index (χ1) is 20.4. The Bertz CT molecular complexity index is 1870. The van der Waals surface area contributed by atoms with Gasteiger partial charge < -0.3 is 47.7 Å². The number of nitrogens with zero attached hydrogens (tertiary/aromatic N) is 4. The van der Waals surface area contributed by atoms with Gasteiger partial charge in [-0.15, -0.1) is 0 Å². The summed E-state index contributed by atoms with van der Waals surface area (Å²) in [6, 6.07) is 7.92. The van der Waals surface area contributed by atoms with Gasteiger partial charge in [-0.25, -0.2) is 4.57 Å². The fourth-order valence-corrected chi connectivity index (χ4v) is 8.57. The van der Waals surface area contributed by atoms with Crippen molar-refractivity contribution < 1.29 is 55.8 Å². The normalized spacial score (nSPS) is 20.7. The molecular weight excluding hydrogens is 670 g/mol. The lowest BCUT2D eigenvalue weighted by Crippen LogP contribution is -3.00. The minimum Gasteiger partial charge on any atom is -1.00 e. The van der Waals surface area contributed by atoms with Crippen LogP contribution in [0.1, 0.15) is 47.6 Å². The van der Waals surface area contributed by atoms with Gasteiger partial charge in [0.2, 0.25) is 21.5 Å². The molecule has 3 aromatic heterocycles. The summed E-state index contributed by atoms with van der Waals surface area (Å²) >= 11 is 2.97. The number of fused-ring (bicyclic) bond motifs is 2. The Kier molecular flexibility index (Phi) is 8.39. The first-order valence-corrected chi connectivity index (χ1v) is 15.7. The maximum Gasteiger partial charge on any atom is 0.254 e. The molecule has 6 rings (SSSR count). The van der Waals surface area contributed by atoms with Gasteiger partial charge >= 0.3 is 0 Å². The van der Waals surface area contributed by atoms with Crippen LogP contribution >= 0.6 is 23.1 Å². The third kappa shape index (κ3) is 4.89. The number of aromatic nitrogens is 3. The lowest BCUT2D eigenvalue weighted by molar-refractivity contribution is -0.742. The Morgan fingerprint density at radius 1 is 1.23 bits per heavy atom. The van der Waals surface area contributed by atoms with E-state index in [2.05, 4.69) is 4.57 Å². The minimum absolute atomic E-state index is 0. The van der Waals surface area contributed by atoms with E-state index >= 15 is 0 Å². The van der Waals surface area contributed by atoms with Crippen LogP contribution in [0.5, 0.6) is 5.75 Å². The van der Waals surface area contributed by atoms with Crippen molar-refractivity contribution in [2.45, 2.75) is 44.0 Å². The molecule has 2 aliphatic heterocycles. The smallest absolute Gasteiger partial charge is 0.254 e. The fourth-order valence-electron chi connectivity index (χ4n) is 6.33. The summed E-state index contributed by atoms with van der Waals surface area (Å²) in [6.45, 7) is 5.44. The number of aliphatic hydroxyl groups excluding tert-OH is 1. The number of amides is 2. The zero-order chi connectivity index (χ0) is 30.9. The number of hydrogen-bond donors (Lipinski definition) is 3. The number of carboxylic acids is 1. The van der Waals surface area contributed by atoms with Crippen molar-refractivity contribution in [3.05, 3.63) is 77.0 Å². The molecule has 1 unspecified atom stereocenters. The quantitative estimate of drug-likeness (QED) is 0.109. The Hall–Kier alpha value is -3.72. The molecule has 11 nitrogen and oxygen atoms in total. The van der Waals surface area contributed by atoms with E-state index in [0.717, 1.165) is 15.4 Å². The van der Waals surface area contributed by atoms with E-state index in [1.54, 1.807) is 48.1 Å². The highest BCUT2D eigenvalue weighted by Gasteiger charge is 2.59. The zero-order valence-electron chi connectivity index (χ0n) is 24.2. The lowest BCUT2D eigenvalue weighted by Gasteiger charge is -2.47. The van der Waals surface area contributed by atoms with Gasteiger partial charge in [0.25, 0.3) is 12.2 Å². The number of carbonyl (C=O) groups excluding carboxylic acids is 3. The van der Waals surface area contributed by atoms with E-state index in [4.69, 9.17) is 5.73 Å². The van der Waals surface area contributed by atoms with E-state index in [1.807, 2.05) is 43.1 Å². The highest BCUT2D eigenvalue weighted by molar-refractivity contribution is 7.98. The number of hydrogen-bond acceptors (Lipinski definition) is 8. The number of phenolic OH excluding ortho intramolecular Hbond substituents is 1. The number of phenols is 1. The summed E-state index contributed by atoms with van der Waals surface area (Å²) in [5.41, 5.74) is 7.69. The van der Waals surface area contributed by atoms with Gasteiger partial charge in [-0.1, -0.05) is 30.0 Å². The molecule has 0 saturated carbocycles. The molecular formula is C30H30BrN5O6S2. The molecule has 1 aromatic carbocycles. The third-order valence-electron chi connectivity index (χ3n) is 8.40. The number of aromatic hydroxyl groups is 1. The average Bonchev–Trinajstić information content (AvgIpc) is 3.59. The van der Waals surface area contributed by atoms with Crippen LogP contribution in [0, 0.1) is 11.8 Å². The van der Waals surface area contributed by atoms with Crippen molar-refractivity contribution in [2.24, 2.45) is 17.6 Å². The Morgan fingerprint density at radius 3 is 2.59 bits per heavy atom. The SMILES string of the molecule is CSc1c2sc(C3=C(C(=O)[O-])N4C(=O)[C@H]([C@@H](C)O)[C@H]4[C@H]3C)cn2c[n+]1C(C)c1cc(O)cc(-[n+]2cccc(C(N)=O)c2)c1.[Br-]. The molecule has 1 saturated heterocycles. The number of imidazole rings is 1. The second kappa shape index (κ2) is 11.7. The summed E-state index contributed by atoms with van der Waals surface area (Å²) in [6.07, 6.45) is 8.24. The van der Waals surface area contributed by atoms with Crippen molar-refractivity contribution in [1.82, 2.24) is 9.30 Å². The molecule has 0 spiro atoms. The maximum atomic E-state index is 12.8. The molecule has 44 heavy (non-hydrogen) atoms. The van der Waals surface area contributed by atoms with Gasteiger partial charge in [-0.2, -0.15) is 8.97 Å². The first-order valence-electron chi connectivity index (χ1n) is 13.6. The van der Waals surface area contributed by atoms with Crippen LogP contribution in [-0.4, -0.2) is 55.7 Å². The largest absolute Gasteiger partial charge is 1.00 e. The van der Waals surface area contributed by atoms with Crippen molar-refractivity contribution in [1.29, 1.82) is 0 Å². The van der Waals surface area contributed by atoms with E-state index in [9.17, 15) is 29.7 Å². The molecule has 0 bridgehead atoms. The van der Waals surface area contributed by atoms with Crippen molar-refractivity contribution >= 4 is 51.3 Å². The molecule has 0 radical (unpaired) electrons. The van der Waals surface area contributed by atoms with Gasteiger partial charge in [0.15, 0.2) is 12.4 Å². The van der Waals surface area contributed by atoms with Gasteiger partial charge in [-0.05, 0) is 32.2 Å². The molecule has 5 atom stereocenters. The second-order valence-electron chi connectivity index (χ2n) is 11.0. The molecule has 0 aliphatic carbocycles. The predicted octanol–water partition coefficient (Wildman–Crippen LogP) is -1.98. The van der Waals surface area contributed by atoms with Gasteiger partial charge in [0.1, 0.15) is 23.6 Å². The Balaban J connectivity index is 0.00000384. The maximum absolute atomic E-state index is 12.8. The van der Waals surface area contributed by atoms with Gasteiger partial charge in [0, 0.05) is 29.2 Å². The average molecular weight is 701 g/mol. The molecule has 5 heterocycles. The molecule has 2 amide bonds. The third-order valence-corrected chi connectivity index (χ3v) is 10.5. The zero-order valence-corrected chi connectivity index (χ0v) is 27.4. The summed E-state index contributed by atoms with van der Waals surface area (Å²) in [5.74, 6) is -3.24. The van der Waals surface area contributed by atoms with Crippen molar-refractivity contribution in [3.63, 3.8) is 0 Å². The molecule has 14 heteroatoms. The lowest BCUT2D eigenvalue weighted by atomic mass is 9.77. The number of carboxylic acid groups (broad SMARTS) is 1. The number of benzene rings is 1. The number of β-lactam (4-membered cyclic amide) rings is 1. The molecule has 4 N–H and O–H groups in total. The van der Waals surface area contributed by atoms with E-state index in [1.165, 1.54) is 28.0 Å². The standard InChI is InChI=1S/C30H29N5O6S2.BrH/c1-14-22(25(30(40)41)35-24(14)23(16(3)36)27(35)39)21-12-33-13-34(29(42-4)28(33)43-21)15(2)18-8-19(10-20(37)9-18)32-7-5-6-17(11-32)26(31)38;/h5-16,23-24,36H,1-4H3,(H2-2,31,37,38,40,41);1H/t14-,15?,16+,23+,24+;/m0./s1. The number of halogens is 1. The van der Waals surface area contributed by atoms with Crippen LogP contribution in [0.15, 0.2) is 66.0 Å². The van der Waals surface area contributed by atoms with Crippen LogP contribution in [-0.2, 0) is 9.59 Å². The number of primary amides is 1. The summed E-state index contributed by atoms with van der Waals surface area (Å²) in [4.78, 5) is 39.6. The monoisotopic (exact) mass is 699 g/mol. The van der Waals surface area contributed by atoms with Crippen LogP contribution < -0.4 is 37.0 Å². The Morgan fingerprint density at radius 2 is 1.95 bits per heavy atom. The van der Waals surface area contributed by atoms with E-state index in [0.29, 0.717) is 21.7 Å². The van der Waals surface area contributed by atoms with Gasteiger partial charge in [0.05, 0.1) is 40.7 Å². The van der Waals surface area contributed by atoms with Crippen molar-refractivity contribution in [2.75, 3.05) is 6.26 Å². The number of aliphatic hydroxyl groups is 1. The number of carbonyl (C=O) groups is 3. The Labute approximate surface area is 271 Å². The highest BCUT2D eigenvalue weighted by Crippen LogP contribution is 2.51. The number of aliphatic carboxylic acids is 1. The fraction of sp³-hybridized carbons (Fsp3) is 0.300.